The summed E-state index contributed by atoms with van der Waals surface area (Å²) in [5, 5.41) is 5.36. The Morgan fingerprint density at radius 1 is 1.12 bits per heavy atom. The molecule has 0 aliphatic carbocycles. The van der Waals surface area contributed by atoms with Gasteiger partial charge in [-0.2, -0.15) is 0 Å². The SMILES string of the molecule is COC(=O)[C@H](Cc1cccc(C)c1)NC(=O)[C@H](CC(C)C)NC(C)=O. The van der Waals surface area contributed by atoms with Gasteiger partial charge in [0.2, 0.25) is 11.8 Å². The molecule has 1 aromatic carbocycles. The van der Waals surface area contributed by atoms with Crippen molar-refractivity contribution in [2.45, 2.75) is 52.6 Å². The van der Waals surface area contributed by atoms with E-state index in [9.17, 15) is 14.4 Å². The number of carbonyl (C=O) groups excluding carboxylic acids is 3. The fourth-order valence-electron chi connectivity index (χ4n) is 2.63. The van der Waals surface area contributed by atoms with Crippen molar-refractivity contribution in [1.29, 1.82) is 0 Å². The van der Waals surface area contributed by atoms with E-state index in [1.54, 1.807) is 0 Å². The maximum Gasteiger partial charge on any atom is 0.328 e. The highest BCUT2D eigenvalue weighted by Crippen LogP contribution is 2.10. The van der Waals surface area contributed by atoms with Crippen LogP contribution in [0.1, 0.15) is 38.3 Å². The van der Waals surface area contributed by atoms with Gasteiger partial charge in [-0.3, -0.25) is 9.59 Å². The van der Waals surface area contributed by atoms with E-state index in [1.807, 2.05) is 45.0 Å². The predicted octanol–water partition coefficient (Wildman–Crippen LogP) is 1.75. The Kier molecular flexibility index (Phi) is 8.11. The van der Waals surface area contributed by atoms with E-state index in [1.165, 1.54) is 14.0 Å². The average Bonchev–Trinajstić information content (AvgIpc) is 2.52. The van der Waals surface area contributed by atoms with Crippen LogP contribution in [0.4, 0.5) is 0 Å². The minimum absolute atomic E-state index is 0.218. The average molecular weight is 348 g/mol. The van der Waals surface area contributed by atoms with Gasteiger partial charge in [0.05, 0.1) is 7.11 Å². The molecule has 2 amide bonds. The summed E-state index contributed by atoms with van der Waals surface area (Å²) in [7, 11) is 1.29. The lowest BCUT2D eigenvalue weighted by molar-refractivity contribution is -0.145. The maximum absolute atomic E-state index is 12.6. The standard InChI is InChI=1S/C19H28N2O4/c1-12(2)9-16(20-14(4)22)18(23)21-17(19(24)25-5)11-15-8-6-7-13(3)10-15/h6-8,10,12,16-17H,9,11H2,1-5H3,(H,20,22)(H,21,23)/t16-,17-/m0/s1. The summed E-state index contributed by atoms with van der Waals surface area (Å²) in [6.07, 6.45) is 0.818. The van der Waals surface area contributed by atoms with Crippen molar-refractivity contribution in [1.82, 2.24) is 10.6 Å². The van der Waals surface area contributed by atoms with Crippen molar-refractivity contribution in [2.75, 3.05) is 7.11 Å². The van der Waals surface area contributed by atoms with Crippen LogP contribution >= 0.6 is 0 Å². The molecule has 0 saturated heterocycles. The molecule has 6 nitrogen and oxygen atoms in total. The van der Waals surface area contributed by atoms with Crippen molar-refractivity contribution in [3.8, 4) is 0 Å². The fraction of sp³-hybridized carbons (Fsp3) is 0.526. The second-order valence-corrected chi connectivity index (χ2v) is 6.66. The minimum atomic E-state index is -0.803. The zero-order chi connectivity index (χ0) is 19.0. The van der Waals surface area contributed by atoms with E-state index < -0.39 is 18.1 Å². The molecule has 0 heterocycles. The van der Waals surface area contributed by atoms with Gasteiger partial charge in [-0.05, 0) is 24.8 Å². The molecule has 2 atom stereocenters. The molecule has 1 rings (SSSR count). The molecule has 0 aliphatic heterocycles. The Balaban J connectivity index is 2.89. The summed E-state index contributed by atoms with van der Waals surface area (Å²) in [6.45, 7) is 7.26. The number of methoxy groups -OCH3 is 1. The second-order valence-electron chi connectivity index (χ2n) is 6.66. The number of carbonyl (C=O) groups is 3. The molecule has 0 radical (unpaired) electrons. The number of aryl methyl sites for hydroxylation is 1. The maximum atomic E-state index is 12.6. The van der Waals surface area contributed by atoms with Gasteiger partial charge in [0.15, 0.2) is 0 Å². The molecular weight excluding hydrogens is 320 g/mol. The van der Waals surface area contributed by atoms with Crippen LogP contribution in [0.3, 0.4) is 0 Å². The number of amides is 2. The van der Waals surface area contributed by atoms with Crippen LogP contribution in [0.2, 0.25) is 0 Å². The summed E-state index contributed by atoms with van der Waals surface area (Å²) in [6, 6.07) is 6.24. The normalized spacial score (nSPS) is 13.0. The molecule has 138 valence electrons. The van der Waals surface area contributed by atoms with E-state index in [0.717, 1.165) is 11.1 Å². The molecule has 0 spiro atoms. The molecule has 0 aliphatic rings. The smallest absolute Gasteiger partial charge is 0.328 e. The van der Waals surface area contributed by atoms with Gasteiger partial charge < -0.3 is 15.4 Å². The van der Waals surface area contributed by atoms with Crippen LogP contribution in [0, 0.1) is 12.8 Å². The second kappa shape index (κ2) is 9.81. The largest absolute Gasteiger partial charge is 0.467 e. The van der Waals surface area contributed by atoms with Crippen LogP contribution in [0.15, 0.2) is 24.3 Å². The summed E-state index contributed by atoms with van der Waals surface area (Å²) in [5.41, 5.74) is 2.00. The quantitative estimate of drug-likeness (QED) is 0.701. The Labute approximate surface area is 149 Å². The first-order valence-corrected chi connectivity index (χ1v) is 8.43. The van der Waals surface area contributed by atoms with Gasteiger partial charge in [0.25, 0.3) is 0 Å². The predicted molar refractivity (Wildman–Crippen MR) is 95.9 cm³/mol. The molecule has 0 fully saturated rings. The highest BCUT2D eigenvalue weighted by Gasteiger charge is 2.27. The molecular formula is C19H28N2O4. The summed E-state index contributed by atoms with van der Waals surface area (Å²) in [5.74, 6) is -0.960. The van der Waals surface area contributed by atoms with Crippen molar-refractivity contribution in [2.24, 2.45) is 5.92 Å². The van der Waals surface area contributed by atoms with Crippen LogP contribution in [-0.4, -0.2) is 37.0 Å². The molecule has 2 N–H and O–H groups in total. The van der Waals surface area contributed by atoms with Crippen LogP contribution in [0.5, 0.6) is 0 Å². The number of hydrogen-bond donors (Lipinski definition) is 2. The van der Waals surface area contributed by atoms with Gasteiger partial charge >= 0.3 is 5.97 Å². The molecule has 0 aromatic heterocycles. The third-order valence-corrected chi connectivity index (χ3v) is 3.73. The molecule has 25 heavy (non-hydrogen) atoms. The van der Waals surface area contributed by atoms with E-state index >= 15 is 0 Å². The van der Waals surface area contributed by atoms with E-state index in [0.29, 0.717) is 12.8 Å². The summed E-state index contributed by atoms with van der Waals surface area (Å²) < 4.78 is 4.82. The summed E-state index contributed by atoms with van der Waals surface area (Å²) >= 11 is 0. The van der Waals surface area contributed by atoms with Crippen LogP contribution in [0.25, 0.3) is 0 Å². The number of hydrogen-bond acceptors (Lipinski definition) is 4. The number of nitrogens with one attached hydrogen (secondary N) is 2. The van der Waals surface area contributed by atoms with E-state index in [-0.39, 0.29) is 17.7 Å². The lowest BCUT2D eigenvalue weighted by atomic mass is 10.0. The third kappa shape index (κ3) is 7.37. The number of benzene rings is 1. The van der Waals surface area contributed by atoms with Crippen LogP contribution < -0.4 is 10.6 Å². The van der Waals surface area contributed by atoms with Gasteiger partial charge in [0, 0.05) is 13.3 Å². The van der Waals surface area contributed by atoms with Crippen molar-refractivity contribution in [3.63, 3.8) is 0 Å². The van der Waals surface area contributed by atoms with Gasteiger partial charge in [-0.25, -0.2) is 4.79 Å². The number of ether oxygens (including phenoxy) is 1. The van der Waals surface area contributed by atoms with Crippen LogP contribution in [-0.2, 0) is 25.5 Å². The zero-order valence-corrected chi connectivity index (χ0v) is 15.6. The lowest BCUT2D eigenvalue weighted by Gasteiger charge is -2.23. The van der Waals surface area contributed by atoms with Gasteiger partial charge in [-0.1, -0.05) is 43.7 Å². The monoisotopic (exact) mass is 348 g/mol. The molecule has 1 aromatic rings. The summed E-state index contributed by atoms with van der Waals surface area (Å²) in [4.78, 5) is 36.0. The first-order chi connectivity index (χ1) is 11.7. The Hall–Kier alpha value is -2.37. The molecule has 0 bridgehead atoms. The van der Waals surface area contributed by atoms with Crippen molar-refractivity contribution >= 4 is 17.8 Å². The Morgan fingerprint density at radius 2 is 1.80 bits per heavy atom. The highest BCUT2D eigenvalue weighted by molar-refractivity contribution is 5.90. The number of rotatable bonds is 8. The Morgan fingerprint density at radius 3 is 2.32 bits per heavy atom. The molecule has 0 saturated carbocycles. The highest BCUT2D eigenvalue weighted by atomic mass is 16.5. The van der Waals surface area contributed by atoms with E-state index in [2.05, 4.69) is 10.6 Å². The lowest BCUT2D eigenvalue weighted by Crippen LogP contribution is -2.52. The topological polar surface area (TPSA) is 84.5 Å². The van der Waals surface area contributed by atoms with E-state index in [4.69, 9.17) is 4.74 Å². The van der Waals surface area contributed by atoms with Crippen molar-refractivity contribution < 1.29 is 19.1 Å². The Bertz CT molecular complexity index is 613. The number of esters is 1. The first kappa shape index (κ1) is 20.7. The minimum Gasteiger partial charge on any atom is -0.467 e. The zero-order valence-electron chi connectivity index (χ0n) is 15.6. The van der Waals surface area contributed by atoms with Crippen molar-refractivity contribution in [3.05, 3.63) is 35.4 Å². The molecule has 6 heteroatoms. The fourth-order valence-corrected chi connectivity index (χ4v) is 2.63. The first-order valence-electron chi connectivity index (χ1n) is 8.43. The van der Waals surface area contributed by atoms with Gasteiger partial charge in [0.1, 0.15) is 12.1 Å². The third-order valence-electron chi connectivity index (χ3n) is 3.73. The van der Waals surface area contributed by atoms with Gasteiger partial charge in [-0.15, -0.1) is 0 Å². The molecule has 0 unspecified atom stereocenters.